The normalized spacial score (nSPS) is 19.4. The van der Waals surface area contributed by atoms with Crippen LogP contribution in [0.15, 0.2) is 24.3 Å². The lowest BCUT2D eigenvalue weighted by atomic mass is 10.1. The number of imidazole rings is 1. The van der Waals surface area contributed by atoms with Gasteiger partial charge in [-0.1, -0.05) is 12.1 Å². The monoisotopic (exact) mass is 272 g/mol. The highest BCUT2D eigenvalue weighted by molar-refractivity contribution is 6.00. The number of hydrogen-bond donors (Lipinski definition) is 2. The van der Waals surface area contributed by atoms with Gasteiger partial charge < -0.3 is 4.57 Å². The highest BCUT2D eigenvalue weighted by Gasteiger charge is 2.26. The summed E-state index contributed by atoms with van der Waals surface area (Å²) in [4.78, 5) is 27.3. The number of benzene rings is 1. The maximum absolute atomic E-state index is 11.7. The zero-order valence-corrected chi connectivity index (χ0v) is 11.2. The summed E-state index contributed by atoms with van der Waals surface area (Å²) in [6, 6.07) is 7.57. The molecule has 2 N–H and O–H groups in total. The zero-order chi connectivity index (χ0) is 14.1. The first kappa shape index (κ1) is 12.8. The zero-order valence-electron chi connectivity index (χ0n) is 11.2. The molecule has 2 aromatic rings. The van der Waals surface area contributed by atoms with Crippen molar-refractivity contribution in [3.05, 3.63) is 30.1 Å². The Hall–Kier alpha value is -2.21. The first-order chi connectivity index (χ1) is 9.65. The Balaban J connectivity index is 1.72. The fraction of sp³-hybridized carbons (Fsp3) is 0.357. The van der Waals surface area contributed by atoms with Crippen LogP contribution in [0.1, 0.15) is 18.7 Å². The van der Waals surface area contributed by atoms with E-state index in [0.29, 0.717) is 19.4 Å². The van der Waals surface area contributed by atoms with Gasteiger partial charge in [-0.15, -0.1) is 0 Å². The van der Waals surface area contributed by atoms with Gasteiger partial charge in [0, 0.05) is 13.5 Å². The van der Waals surface area contributed by atoms with Crippen LogP contribution < -0.4 is 10.6 Å². The highest BCUT2D eigenvalue weighted by atomic mass is 16.2. The van der Waals surface area contributed by atoms with Crippen LogP contribution in [0.5, 0.6) is 0 Å². The van der Waals surface area contributed by atoms with Crippen LogP contribution in [0.3, 0.4) is 0 Å². The summed E-state index contributed by atoms with van der Waals surface area (Å²) < 4.78 is 2.01. The number of hydrogen-bond acceptors (Lipinski definition) is 4. The molecular weight excluding hydrogens is 256 g/mol. The second-order valence-electron chi connectivity index (χ2n) is 4.96. The van der Waals surface area contributed by atoms with Gasteiger partial charge in [-0.2, -0.15) is 0 Å². The molecule has 1 aliphatic heterocycles. The summed E-state index contributed by atoms with van der Waals surface area (Å²) in [6.07, 6.45) is 0.917. The number of carbonyl (C=O) groups excluding carboxylic acids is 2. The average molecular weight is 272 g/mol. The van der Waals surface area contributed by atoms with Gasteiger partial charge in [-0.3, -0.25) is 20.2 Å². The molecule has 1 unspecified atom stereocenters. The van der Waals surface area contributed by atoms with E-state index in [9.17, 15) is 9.59 Å². The van der Waals surface area contributed by atoms with E-state index in [0.717, 1.165) is 16.9 Å². The van der Waals surface area contributed by atoms with Crippen LogP contribution in [0, 0.1) is 0 Å². The first-order valence-corrected chi connectivity index (χ1v) is 6.62. The molecule has 3 rings (SSSR count). The van der Waals surface area contributed by atoms with Crippen molar-refractivity contribution in [1.29, 1.82) is 0 Å². The lowest BCUT2D eigenvalue weighted by Gasteiger charge is -2.21. The molecule has 2 amide bonds. The fourth-order valence-electron chi connectivity index (χ4n) is 2.46. The Bertz CT molecular complexity index is 677. The fourth-order valence-corrected chi connectivity index (χ4v) is 2.46. The van der Waals surface area contributed by atoms with E-state index < -0.39 is 0 Å². The van der Waals surface area contributed by atoms with E-state index in [2.05, 4.69) is 15.6 Å². The quantitative estimate of drug-likeness (QED) is 0.796. The van der Waals surface area contributed by atoms with Crippen molar-refractivity contribution in [2.75, 3.05) is 0 Å². The number of aryl methyl sites for hydroxylation is 1. The maximum Gasteiger partial charge on any atom is 0.243 e. The van der Waals surface area contributed by atoms with Crippen molar-refractivity contribution in [3.63, 3.8) is 0 Å². The van der Waals surface area contributed by atoms with E-state index in [1.165, 1.54) is 0 Å². The number of carbonyl (C=O) groups is 2. The minimum atomic E-state index is -0.326. The third kappa shape index (κ3) is 2.30. The Morgan fingerprint density at radius 2 is 2.20 bits per heavy atom. The first-order valence-electron chi connectivity index (χ1n) is 6.62. The number of imide groups is 1. The molecule has 0 bridgehead atoms. The van der Waals surface area contributed by atoms with E-state index in [-0.39, 0.29) is 17.9 Å². The van der Waals surface area contributed by atoms with Crippen LogP contribution in [0.25, 0.3) is 11.0 Å². The number of fused-ring (bicyclic) bond motifs is 1. The van der Waals surface area contributed by atoms with Gasteiger partial charge >= 0.3 is 0 Å². The Kier molecular flexibility index (Phi) is 3.23. The molecule has 2 heterocycles. The van der Waals surface area contributed by atoms with Crippen molar-refractivity contribution >= 4 is 22.8 Å². The topological polar surface area (TPSA) is 76.0 Å². The van der Waals surface area contributed by atoms with E-state index >= 15 is 0 Å². The SMILES string of the molecule is Cn1c(CNC2CCC(=O)NC2=O)nc2ccccc21. The highest BCUT2D eigenvalue weighted by Crippen LogP contribution is 2.14. The Morgan fingerprint density at radius 1 is 1.40 bits per heavy atom. The van der Waals surface area contributed by atoms with Gasteiger partial charge in [-0.05, 0) is 18.6 Å². The molecule has 6 heteroatoms. The molecule has 1 aromatic carbocycles. The van der Waals surface area contributed by atoms with Gasteiger partial charge in [-0.25, -0.2) is 4.98 Å². The minimum absolute atomic E-state index is 0.198. The second kappa shape index (κ2) is 5.05. The molecule has 1 aromatic heterocycles. The third-order valence-corrected chi connectivity index (χ3v) is 3.63. The molecule has 0 aliphatic carbocycles. The third-order valence-electron chi connectivity index (χ3n) is 3.63. The summed E-state index contributed by atoms with van der Waals surface area (Å²) in [5.41, 5.74) is 2.00. The second-order valence-corrected chi connectivity index (χ2v) is 4.96. The lowest BCUT2D eigenvalue weighted by Crippen LogP contribution is -2.50. The van der Waals surface area contributed by atoms with Crippen LogP contribution >= 0.6 is 0 Å². The van der Waals surface area contributed by atoms with Gasteiger partial charge in [0.25, 0.3) is 0 Å². The van der Waals surface area contributed by atoms with E-state index in [1.54, 1.807) is 0 Å². The summed E-state index contributed by atoms with van der Waals surface area (Å²) in [5, 5.41) is 5.50. The van der Waals surface area contributed by atoms with Crippen molar-refractivity contribution < 1.29 is 9.59 Å². The smallest absolute Gasteiger partial charge is 0.243 e. The van der Waals surface area contributed by atoms with Crippen molar-refractivity contribution in [3.8, 4) is 0 Å². The molecule has 0 saturated carbocycles. The summed E-state index contributed by atoms with van der Waals surface area (Å²) in [6.45, 7) is 0.497. The minimum Gasteiger partial charge on any atom is -0.330 e. The summed E-state index contributed by atoms with van der Waals surface area (Å²) in [7, 11) is 1.96. The number of para-hydroxylation sites is 2. The number of aromatic nitrogens is 2. The number of rotatable bonds is 3. The van der Waals surface area contributed by atoms with Crippen molar-refractivity contribution in [1.82, 2.24) is 20.2 Å². The molecular formula is C14H16N4O2. The maximum atomic E-state index is 11.7. The number of nitrogens with zero attached hydrogens (tertiary/aromatic N) is 2. The molecule has 1 aliphatic rings. The molecule has 0 radical (unpaired) electrons. The molecule has 20 heavy (non-hydrogen) atoms. The number of piperidine rings is 1. The molecule has 1 fully saturated rings. The van der Waals surface area contributed by atoms with E-state index in [1.807, 2.05) is 35.9 Å². The molecule has 1 atom stereocenters. The van der Waals surface area contributed by atoms with Crippen LogP contribution in [0.4, 0.5) is 0 Å². The Morgan fingerprint density at radius 3 is 2.95 bits per heavy atom. The van der Waals surface area contributed by atoms with Crippen molar-refractivity contribution in [2.45, 2.75) is 25.4 Å². The predicted molar refractivity (Wildman–Crippen MR) is 73.7 cm³/mol. The molecule has 6 nitrogen and oxygen atoms in total. The van der Waals surface area contributed by atoms with Gasteiger partial charge in [0.2, 0.25) is 11.8 Å². The predicted octanol–water partition coefficient (Wildman–Crippen LogP) is 0.468. The number of amides is 2. The Labute approximate surface area is 116 Å². The van der Waals surface area contributed by atoms with Gasteiger partial charge in [0.15, 0.2) is 0 Å². The van der Waals surface area contributed by atoms with Gasteiger partial charge in [0.1, 0.15) is 5.82 Å². The number of nitrogens with one attached hydrogen (secondary N) is 2. The van der Waals surface area contributed by atoms with Crippen LogP contribution in [-0.2, 0) is 23.2 Å². The molecule has 1 saturated heterocycles. The average Bonchev–Trinajstić information content (AvgIpc) is 2.75. The van der Waals surface area contributed by atoms with E-state index in [4.69, 9.17) is 0 Å². The van der Waals surface area contributed by atoms with Gasteiger partial charge in [0.05, 0.1) is 23.6 Å². The van der Waals surface area contributed by atoms with Crippen molar-refractivity contribution in [2.24, 2.45) is 7.05 Å². The standard InChI is InChI=1S/C14H16N4O2/c1-18-11-5-3-2-4-9(11)16-12(18)8-15-10-6-7-13(19)17-14(10)20/h2-5,10,15H,6-8H2,1H3,(H,17,19,20). The lowest BCUT2D eigenvalue weighted by molar-refractivity contribution is -0.134. The largest absolute Gasteiger partial charge is 0.330 e. The molecule has 0 spiro atoms. The molecule has 104 valence electrons. The van der Waals surface area contributed by atoms with Crippen LogP contribution in [-0.4, -0.2) is 27.4 Å². The summed E-state index contributed by atoms with van der Waals surface area (Å²) >= 11 is 0. The van der Waals surface area contributed by atoms with Crippen LogP contribution in [0.2, 0.25) is 0 Å². The summed E-state index contributed by atoms with van der Waals surface area (Å²) in [5.74, 6) is 0.423.